The van der Waals surface area contributed by atoms with Crippen LogP contribution < -0.4 is 37.5 Å². The van der Waals surface area contributed by atoms with E-state index in [0.717, 1.165) is 11.1 Å². The van der Waals surface area contributed by atoms with E-state index in [-0.39, 0.29) is 61.4 Å². The molecule has 4 aromatic rings. The summed E-state index contributed by atoms with van der Waals surface area (Å²) in [6.07, 6.45) is 0.00376. The third-order valence-electron chi connectivity index (χ3n) is 11.1. The van der Waals surface area contributed by atoms with E-state index in [0.29, 0.717) is 33.6 Å². The van der Waals surface area contributed by atoms with Crippen molar-refractivity contribution in [3.05, 3.63) is 106 Å². The summed E-state index contributed by atoms with van der Waals surface area (Å²) in [6, 6.07) is 18.6. The molecular weight excluding hydrogens is 801 g/mol. The number of phenols is 1. The van der Waals surface area contributed by atoms with Crippen molar-refractivity contribution in [2.75, 3.05) is 33.3 Å². The number of hydrogen-bond acceptors (Lipinski definition) is 10. The second kappa shape index (κ2) is 20.4. The summed E-state index contributed by atoms with van der Waals surface area (Å²) in [4.78, 5) is 71.2. The summed E-state index contributed by atoms with van der Waals surface area (Å²) in [5.41, 5.74) is 18.2. The van der Waals surface area contributed by atoms with Crippen LogP contribution in [-0.4, -0.2) is 91.0 Å². The lowest BCUT2D eigenvalue weighted by molar-refractivity contribution is -0.141. The fraction of sp³-hybridized carbons (Fsp3) is 0.375. The van der Waals surface area contributed by atoms with E-state index in [2.05, 4.69) is 66.3 Å². The Labute approximate surface area is 368 Å². The van der Waals surface area contributed by atoms with Crippen molar-refractivity contribution < 1.29 is 33.8 Å². The molecule has 332 valence electrons. The van der Waals surface area contributed by atoms with Crippen molar-refractivity contribution in [3.63, 3.8) is 0 Å². The number of nitrogens with zero attached hydrogens (tertiary/aromatic N) is 2. The van der Waals surface area contributed by atoms with Gasteiger partial charge >= 0.3 is 0 Å². The largest absolute Gasteiger partial charge is 0.507 e. The van der Waals surface area contributed by atoms with Crippen molar-refractivity contribution in [3.8, 4) is 39.8 Å². The molecule has 63 heavy (non-hydrogen) atoms. The van der Waals surface area contributed by atoms with E-state index < -0.39 is 53.7 Å². The first-order chi connectivity index (χ1) is 29.9. The minimum atomic E-state index is -1.40. The number of ether oxygens (including phenoxy) is 1. The van der Waals surface area contributed by atoms with Crippen LogP contribution >= 0.6 is 0 Å². The number of nitriles is 1. The number of phenolic OH excluding ortho intramolecular Hbond substituents is 1. The molecule has 4 unspecified atom stereocenters. The third kappa shape index (κ3) is 11.2. The van der Waals surface area contributed by atoms with Crippen LogP contribution in [-0.2, 0) is 31.0 Å². The Morgan fingerprint density at radius 2 is 1.60 bits per heavy atom. The summed E-state index contributed by atoms with van der Waals surface area (Å²) in [5, 5.41) is 31.0. The number of nitrogens with two attached hydrogens (primary N) is 2. The molecule has 0 fully saturated rings. The molecule has 9 N–H and O–H groups in total. The number of aromatic hydroxyl groups is 1. The van der Waals surface area contributed by atoms with Crippen LogP contribution in [0, 0.1) is 25.2 Å². The van der Waals surface area contributed by atoms with Crippen molar-refractivity contribution >= 4 is 29.5 Å². The molecule has 1 aliphatic rings. The predicted molar refractivity (Wildman–Crippen MR) is 240 cm³/mol. The molecule has 1 aliphatic heterocycles. The molecular formula is C48H58N8O7. The van der Waals surface area contributed by atoms with Gasteiger partial charge in [-0.25, -0.2) is 0 Å². The maximum Gasteiger partial charge on any atom is 0.252 e. The lowest BCUT2D eigenvalue weighted by Gasteiger charge is -2.32. The number of fused-ring (bicyclic) bond motifs is 5. The Morgan fingerprint density at radius 3 is 2.22 bits per heavy atom. The molecule has 5 rings (SSSR count). The van der Waals surface area contributed by atoms with Crippen LogP contribution in [0.1, 0.15) is 78.3 Å². The quantitative estimate of drug-likeness (QED) is 0.102. The van der Waals surface area contributed by atoms with Gasteiger partial charge in [0.1, 0.15) is 48.8 Å². The van der Waals surface area contributed by atoms with Gasteiger partial charge in [-0.05, 0) is 102 Å². The fourth-order valence-corrected chi connectivity index (χ4v) is 7.73. The van der Waals surface area contributed by atoms with Gasteiger partial charge in [0.25, 0.3) is 5.91 Å². The maximum absolute atomic E-state index is 14.6. The smallest absolute Gasteiger partial charge is 0.252 e. The van der Waals surface area contributed by atoms with E-state index in [4.69, 9.17) is 21.5 Å². The number of carbonyl (C=O) groups excluding carboxylic acids is 5. The highest BCUT2D eigenvalue weighted by Gasteiger charge is 2.36. The molecule has 4 atom stereocenters. The van der Waals surface area contributed by atoms with Crippen molar-refractivity contribution in [1.29, 1.82) is 5.26 Å². The molecule has 4 bridgehead atoms. The first kappa shape index (κ1) is 47.3. The number of rotatable bonds is 12. The van der Waals surface area contributed by atoms with Crippen LogP contribution in [0.3, 0.4) is 0 Å². The van der Waals surface area contributed by atoms with Crippen LogP contribution in [0.4, 0.5) is 0 Å². The highest BCUT2D eigenvalue weighted by Crippen LogP contribution is 2.40. The molecule has 0 saturated heterocycles. The Bertz CT molecular complexity index is 2380. The summed E-state index contributed by atoms with van der Waals surface area (Å²) in [7, 11) is 1.42. The van der Waals surface area contributed by atoms with Crippen molar-refractivity contribution in [2.45, 2.75) is 84.0 Å². The van der Waals surface area contributed by atoms with E-state index >= 15 is 0 Å². The number of aryl methyl sites for hydroxylation is 2. The van der Waals surface area contributed by atoms with Gasteiger partial charge in [0.15, 0.2) is 0 Å². The number of benzene rings is 4. The maximum atomic E-state index is 14.6. The lowest BCUT2D eigenvalue weighted by Crippen LogP contribution is -2.56. The summed E-state index contributed by atoms with van der Waals surface area (Å²) in [6.45, 7) is 11.6. The lowest BCUT2D eigenvalue weighted by atomic mass is 9.86. The topological polar surface area (TPSA) is 242 Å². The zero-order valence-electron chi connectivity index (χ0n) is 36.9. The minimum absolute atomic E-state index is 0.00314. The zero-order valence-corrected chi connectivity index (χ0v) is 36.9. The van der Waals surface area contributed by atoms with Crippen LogP contribution in [0.15, 0.2) is 72.8 Å². The third-order valence-corrected chi connectivity index (χ3v) is 11.1. The highest BCUT2D eigenvalue weighted by molar-refractivity contribution is 6.01. The fourth-order valence-electron chi connectivity index (χ4n) is 7.73. The SMILES string of the molecule is Cc1cc(-c2ccc(C(C)(C)C)cc2)cc(C)c1C(=O)NC(CCN)C(=O)N(C)C1C(=O)NC(C)C(=O)NC(C(=O)NCC#N)Cc2ccc(O)c(c2)-c2cc1ccc2OCCN. The van der Waals surface area contributed by atoms with E-state index in [9.17, 15) is 29.1 Å². The normalized spacial score (nSPS) is 16.9. The molecule has 0 aliphatic carbocycles. The van der Waals surface area contributed by atoms with Gasteiger partial charge in [0.2, 0.25) is 23.6 Å². The minimum Gasteiger partial charge on any atom is -0.507 e. The zero-order chi connectivity index (χ0) is 46.2. The van der Waals surface area contributed by atoms with E-state index in [1.54, 1.807) is 30.3 Å². The van der Waals surface area contributed by atoms with Crippen LogP contribution in [0.5, 0.6) is 11.5 Å². The first-order valence-corrected chi connectivity index (χ1v) is 20.9. The Hall–Kier alpha value is -6.76. The second-order valence-corrected chi connectivity index (χ2v) is 16.9. The van der Waals surface area contributed by atoms with Crippen LogP contribution in [0.2, 0.25) is 0 Å². The van der Waals surface area contributed by atoms with Crippen molar-refractivity contribution in [1.82, 2.24) is 26.2 Å². The molecule has 15 nitrogen and oxygen atoms in total. The number of carbonyl (C=O) groups is 5. The molecule has 0 spiro atoms. The Morgan fingerprint density at radius 1 is 0.921 bits per heavy atom. The predicted octanol–water partition coefficient (Wildman–Crippen LogP) is 3.81. The standard InChI is InChI=1S/C48H58N8O7/c1-27-22-33(31-9-12-34(13-10-31)48(4,5)6)23-28(2)41(27)45(60)54-37(16-17-49)47(62)56(7)42-32-11-15-40(63-21-19-51)36(26-32)35-24-30(8-14-39(35)57)25-38(44(59)52-20-18-50)55-43(58)29(3)53-46(42)61/h8-15,22-24,26,29,37-38,42,57H,16-17,19-21,25,49,51H2,1-7H3,(H,52,59)(H,53,61)(H,54,60)(H,55,58). The average Bonchev–Trinajstić information content (AvgIpc) is 3.24. The summed E-state index contributed by atoms with van der Waals surface area (Å²) < 4.78 is 5.99. The molecule has 0 aromatic heterocycles. The van der Waals surface area contributed by atoms with Gasteiger partial charge in [-0.15, -0.1) is 0 Å². The van der Waals surface area contributed by atoms with Crippen LogP contribution in [0.25, 0.3) is 22.3 Å². The number of amides is 5. The molecule has 1 heterocycles. The molecule has 5 amide bonds. The monoisotopic (exact) mass is 858 g/mol. The highest BCUT2D eigenvalue weighted by atomic mass is 16.5. The molecule has 4 aromatic carbocycles. The van der Waals surface area contributed by atoms with Gasteiger partial charge in [-0.1, -0.05) is 69.3 Å². The van der Waals surface area contributed by atoms with Crippen molar-refractivity contribution in [2.24, 2.45) is 11.5 Å². The Balaban J connectivity index is 1.53. The van der Waals surface area contributed by atoms with Gasteiger partial charge in [0.05, 0.1) is 6.07 Å². The summed E-state index contributed by atoms with van der Waals surface area (Å²) in [5.74, 6) is -3.07. The van der Waals surface area contributed by atoms with Gasteiger partial charge in [-0.3, -0.25) is 24.0 Å². The average molecular weight is 859 g/mol. The first-order valence-electron chi connectivity index (χ1n) is 20.9. The molecule has 15 heteroatoms. The van der Waals surface area contributed by atoms with Gasteiger partial charge < -0.3 is 47.5 Å². The van der Waals surface area contributed by atoms with E-state index in [1.807, 2.05) is 32.0 Å². The molecule has 0 radical (unpaired) electrons. The van der Waals surface area contributed by atoms with Gasteiger partial charge in [0, 0.05) is 36.7 Å². The van der Waals surface area contributed by atoms with E-state index in [1.165, 1.54) is 30.5 Å². The second-order valence-electron chi connectivity index (χ2n) is 16.9. The number of likely N-dealkylation sites (N-methyl/N-ethyl adjacent to an activating group) is 1. The Kier molecular flexibility index (Phi) is 15.3. The van der Waals surface area contributed by atoms with Gasteiger partial charge in [-0.2, -0.15) is 5.26 Å². The number of hydrogen-bond donors (Lipinski definition) is 7. The summed E-state index contributed by atoms with van der Waals surface area (Å²) >= 11 is 0. The molecule has 0 saturated carbocycles. The number of nitrogens with one attached hydrogen (secondary N) is 4.